The SMILES string of the molecule is CC(C)(CC(=O)O)NC(=O)CCCOc1ccc(Br)cc1. The Morgan fingerprint density at radius 3 is 2.48 bits per heavy atom. The third kappa shape index (κ3) is 7.70. The smallest absolute Gasteiger partial charge is 0.305 e. The first-order valence-corrected chi connectivity index (χ1v) is 7.49. The van der Waals surface area contributed by atoms with Crippen LogP contribution in [0.25, 0.3) is 0 Å². The van der Waals surface area contributed by atoms with Gasteiger partial charge in [0, 0.05) is 16.4 Å². The summed E-state index contributed by atoms with van der Waals surface area (Å²) in [5.41, 5.74) is -0.741. The third-order valence-electron chi connectivity index (χ3n) is 2.70. The number of aliphatic carboxylic acids is 1. The molecule has 1 amide bonds. The standard InChI is InChI=1S/C15H20BrNO4/c1-15(2,10-14(19)20)17-13(18)4-3-9-21-12-7-5-11(16)6-8-12/h5-8H,3-4,9-10H2,1-2H3,(H,17,18)(H,19,20). The van der Waals surface area contributed by atoms with Crippen LogP contribution in [0.1, 0.15) is 33.1 Å². The molecule has 1 aromatic carbocycles. The largest absolute Gasteiger partial charge is 0.494 e. The molecule has 0 saturated carbocycles. The van der Waals surface area contributed by atoms with Gasteiger partial charge in [-0.05, 0) is 44.5 Å². The lowest BCUT2D eigenvalue weighted by molar-refractivity contribution is -0.138. The van der Waals surface area contributed by atoms with Gasteiger partial charge in [-0.3, -0.25) is 9.59 Å². The van der Waals surface area contributed by atoms with Crippen molar-refractivity contribution in [3.8, 4) is 5.75 Å². The van der Waals surface area contributed by atoms with Crippen molar-refractivity contribution in [3.05, 3.63) is 28.7 Å². The number of carboxylic acid groups (broad SMARTS) is 1. The summed E-state index contributed by atoms with van der Waals surface area (Å²) in [4.78, 5) is 22.4. The first-order valence-electron chi connectivity index (χ1n) is 6.70. The van der Waals surface area contributed by atoms with Gasteiger partial charge in [-0.2, -0.15) is 0 Å². The average Bonchev–Trinajstić information content (AvgIpc) is 2.34. The topological polar surface area (TPSA) is 75.6 Å². The van der Waals surface area contributed by atoms with Crippen LogP contribution in [-0.4, -0.2) is 29.1 Å². The van der Waals surface area contributed by atoms with Crippen LogP contribution in [0.5, 0.6) is 5.75 Å². The number of carbonyl (C=O) groups is 2. The van der Waals surface area contributed by atoms with Gasteiger partial charge in [-0.1, -0.05) is 15.9 Å². The molecule has 0 aliphatic carbocycles. The Morgan fingerprint density at radius 1 is 1.29 bits per heavy atom. The summed E-state index contributed by atoms with van der Waals surface area (Å²) < 4.78 is 6.49. The molecule has 0 atom stereocenters. The number of carbonyl (C=O) groups excluding carboxylic acids is 1. The van der Waals surface area contributed by atoms with Gasteiger partial charge in [0.25, 0.3) is 0 Å². The fourth-order valence-electron chi connectivity index (χ4n) is 1.82. The van der Waals surface area contributed by atoms with E-state index < -0.39 is 11.5 Å². The van der Waals surface area contributed by atoms with Crippen LogP contribution in [-0.2, 0) is 9.59 Å². The highest BCUT2D eigenvalue weighted by molar-refractivity contribution is 9.10. The van der Waals surface area contributed by atoms with E-state index in [-0.39, 0.29) is 12.3 Å². The second-order valence-corrected chi connectivity index (χ2v) is 6.32. The molecular weight excluding hydrogens is 338 g/mol. The zero-order valence-corrected chi connectivity index (χ0v) is 13.8. The molecule has 1 rings (SSSR count). The fourth-order valence-corrected chi connectivity index (χ4v) is 2.08. The van der Waals surface area contributed by atoms with E-state index in [0.29, 0.717) is 19.4 Å². The average molecular weight is 358 g/mol. The molecule has 0 radical (unpaired) electrons. The van der Waals surface area contributed by atoms with Crippen LogP contribution >= 0.6 is 15.9 Å². The lowest BCUT2D eigenvalue weighted by atomic mass is 10.0. The highest BCUT2D eigenvalue weighted by Gasteiger charge is 2.23. The first-order chi connectivity index (χ1) is 9.78. The molecular formula is C15H20BrNO4. The van der Waals surface area contributed by atoms with Gasteiger partial charge < -0.3 is 15.2 Å². The van der Waals surface area contributed by atoms with E-state index in [1.165, 1.54) is 0 Å². The van der Waals surface area contributed by atoms with Crippen molar-refractivity contribution in [3.63, 3.8) is 0 Å². The van der Waals surface area contributed by atoms with Crippen LogP contribution in [0, 0.1) is 0 Å². The van der Waals surface area contributed by atoms with Crippen molar-refractivity contribution in [2.45, 2.75) is 38.6 Å². The predicted octanol–water partition coefficient (Wildman–Crippen LogP) is 2.98. The van der Waals surface area contributed by atoms with Gasteiger partial charge in [0.1, 0.15) is 5.75 Å². The molecule has 116 valence electrons. The highest BCUT2D eigenvalue weighted by atomic mass is 79.9. The molecule has 0 fully saturated rings. The Balaban J connectivity index is 2.24. The Bertz CT molecular complexity index is 485. The van der Waals surface area contributed by atoms with Crippen LogP contribution in [0.15, 0.2) is 28.7 Å². The zero-order valence-electron chi connectivity index (χ0n) is 12.2. The van der Waals surface area contributed by atoms with E-state index in [0.717, 1.165) is 10.2 Å². The summed E-state index contributed by atoms with van der Waals surface area (Å²) in [5.74, 6) is -0.343. The number of hydrogen-bond donors (Lipinski definition) is 2. The second-order valence-electron chi connectivity index (χ2n) is 5.41. The maximum Gasteiger partial charge on any atom is 0.305 e. The highest BCUT2D eigenvalue weighted by Crippen LogP contribution is 2.16. The quantitative estimate of drug-likeness (QED) is 0.701. The van der Waals surface area contributed by atoms with Gasteiger partial charge in [-0.15, -0.1) is 0 Å². The number of carboxylic acids is 1. The molecule has 6 heteroatoms. The predicted molar refractivity (Wildman–Crippen MR) is 83.3 cm³/mol. The van der Waals surface area contributed by atoms with Gasteiger partial charge >= 0.3 is 5.97 Å². The Kier molecular flexibility index (Phi) is 6.68. The maximum absolute atomic E-state index is 11.7. The lowest BCUT2D eigenvalue weighted by Crippen LogP contribution is -2.44. The van der Waals surface area contributed by atoms with E-state index in [1.807, 2.05) is 24.3 Å². The van der Waals surface area contributed by atoms with Crippen molar-refractivity contribution in [2.75, 3.05) is 6.61 Å². The van der Waals surface area contributed by atoms with Crippen molar-refractivity contribution in [2.24, 2.45) is 0 Å². The zero-order chi connectivity index (χ0) is 15.9. The number of nitrogens with one attached hydrogen (secondary N) is 1. The minimum atomic E-state index is -0.932. The summed E-state index contributed by atoms with van der Waals surface area (Å²) in [6, 6.07) is 7.47. The van der Waals surface area contributed by atoms with E-state index in [9.17, 15) is 9.59 Å². The first kappa shape index (κ1) is 17.5. The van der Waals surface area contributed by atoms with Crippen LogP contribution < -0.4 is 10.1 Å². The van der Waals surface area contributed by atoms with E-state index in [4.69, 9.17) is 9.84 Å². The third-order valence-corrected chi connectivity index (χ3v) is 3.23. The fraction of sp³-hybridized carbons (Fsp3) is 0.467. The maximum atomic E-state index is 11.7. The van der Waals surface area contributed by atoms with Gasteiger partial charge in [-0.25, -0.2) is 0 Å². The second kappa shape index (κ2) is 8.02. The molecule has 5 nitrogen and oxygen atoms in total. The number of benzene rings is 1. The van der Waals surface area contributed by atoms with Crippen LogP contribution in [0.4, 0.5) is 0 Å². The summed E-state index contributed by atoms with van der Waals surface area (Å²) in [6.45, 7) is 3.82. The van der Waals surface area contributed by atoms with Crippen molar-refractivity contribution < 1.29 is 19.4 Å². The number of hydrogen-bond acceptors (Lipinski definition) is 3. The molecule has 0 bridgehead atoms. The van der Waals surface area contributed by atoms with E-state index in [2.05, 4.69) is 21.2 Å². The summed E-state index contributed by atoms with van der Waals surface area (Å²) in [6.07, 6.45) is 0.777. The Morgan fingerprint density at radius 2 is 1.90 bits per heavy atom. The molecule has 1 aromatic rings. The lowest BCUT2D eigenvalue weighted by Gasteiger charge is -2.24. The minimum absolute atomic E-state index is 0.103. The van der Waals surface area contributed by atoms with Gasteiger partial charge in [0.2, 0.25) is 5.91 Å². The molecule has 0 aromatic heterocycles. The van der Waals surface area contributed by atoms with Crippen molar-refractivity contribution in [1.82, 2.24) is 5.32 Å². The number of rotatable bonds is 8. The van der Waals surface area contributed by atoms with Gasteiger partial charge in [0.05, 0.1) is 13.0 Å². The molecule has 0 spiro atoms. The number of amides is 1. The Hall–Kier alpha value is -1.56. The van der Waals surface area contributed by atoms with Crippen LogP contribution in [0.3, 0.4) is 0 Å². The Labute approximate surface area is 132 Å². The molecule has 0 aliphatic rings. The molecule has 0 aliphatic heterocycles. The molecule has 0 unspecified atom stereocenters. The molecule has 0 saturated heterocycles. The summed E-state index contributed by atoms with van der Waals surface area (Å²) in [7, 11) is 0. The van der Waals surface area contributed by atoms with Crippen molar-refractivity contribution in [1.29, 1.82) is 0 Å². The van der Waals surface area contributed by atoms with E-state index >= 15 is 0 Å². The monoisotopic (exact) mass is 357 g/mol. The minimum Gasteiger partial charge on any atom is -0.494 e. The number of ether oxygens (including phenoxy) is 1. The molecule has 0 heterocycles. The summed E-state index contributed by atoms with van der Waals surface area (Å²) in [5, 5.41) is 11.5. The van der Waals surface area contributed by atoms with Gasteiger partial charge in [0.15, 0.2) is 0 Å². The summed E-state index contributed by atoms with van der Waals surface area (Å²) >= 11 is 3.34. The van der Waals surface area contributed by atoms with E-state index in [1.54, 1.807) is 13.8 Å². The van der Waals surface area contributed by atoms with Crippen LogP contribution in [0.2, 0.25) is 0 Å². The molecule has 21 heavy (non-hydrogen) atoms. The molecule has 2 N–H and O–H groups in total. The number of halogens is 1. The normalized spacial score (nSPS) is 11.0. The van der Waals surface area contributed by atoms with Crippen molar-refractivity contribution >= 4 is 27.8 Å².